The highest BCUT2D eigenvalue weighted by Gasteiger charge is 2.23. The van der Waals surface area contributed by atoms with E-state index in [1.54, 1.807) is 0 Å². The third-order valence-corrected chi connectivity index (χ3v) is 2.22. The minimum atomic E-state index is 0.214. The quantitative estimate of drug-likeness (QED) is 0.411. The number of carbonyl (C=O) groups excluding carboxylic acids is 1. The smallest absolute Gasteiger partial charge is 0.221 e. The second-order valence-corrected chi connectivity index (χ2v) is 3.12. The average molecular weight is 151 g/mol. The summed E-state index contributed by atoms with van der Waals surface area (Å²) < 4.78 is 0. The van der Waals surface area contributed by atoms with Gasteiger partial charge < -0.3 is 4.81 Å². The van der Waals surface area contributed by atoms with E-state index < -0.39 is 0 Å². The van der Waals surface area contributed by atoms with Crippen molar-refractivity contribution >= 4 is 13.9 Å². The molecular formula is C8H14BNO. The summed E-state index contributed by atoms with van der Waals surface area (Å²) >= 11 is 0. The molecule has 0 aromatic heterocycles. The maximum absolute atomic E-state index is 11.4. The van der Waals surface area contributed by atoms with Gasteiger partial charge in [-0.1, -0.05) is 6.08 Å². The van der Waals surface area contributed by atoms with Crippen LogP contribution in [0.15, 0.2) is 12.7 Å². The lowest BCUT2D eigenvalue weighted by Crippen LogP contribution is -2.39. The molecule has 0 bridgehead atoms. The van der Waals surface area contributed by atoms with Crippen LogP contribution in [0.25, 0.3) is 0 Å². The van der Waals surface area contributed by atoms with Gasteiger partial charge in [0.2, 0.25) is 13.9 Å². The molecule has 2 nitrogen and oxygen atoms in total. The molecule has 1 amide bonds. The number of amides is 1. The van der Waals surface area contributed by atoms with Gasteiger partial charge >= 0.3 is 0 Å². The molecule has 1 aliphatic heterocycles. The van der Waals surface area contributed by atoms with E-state index in [0.717, 1.165) is 25.8 Å². The Morgan fingerprint density at radius 1 is 1.82 bits per heavy atom. The number of allylic oxidation sites excluding steroid dienone is 1. The molecule has 1 rings (SSSR count). The van der Waals surface area contributed by atoms with Crippen molar-refractivity contribution in [1.29, 1.82) is 0 Å². The molecule has 0 aromatic carbocycles. The molecule has 1 aliphatic rings. The fourth-order valence-electron chi connectivity index (χ4n) is 1.54. The Bertz CT molecular complexity index is 169. The lowest BCUT2D eigenvalue weighted by molar-refractivity contribution is -0.132. The van der Waals surface area contributed by atoms with Gasteiger partial charge in [0.1, 0.15) is 0 Å². The van der Waals surface area contributed by atoms with E-state index in [4.69, 9.17) is 0 Å². The van der Waals surface area contributed by atoms with Crippen molar-refractivity contribution in [2.75, 3.05) is 6.54 Å². The van der Waals surface area contributed by atoms with Crippen molar-refractivity contribution in [3.05, 3.63) is 12.7 Å². The standard InChI is InChI=1S/C8H14BNO/c1-2-4-7-5-3-6-10(9)8(7)11/h2,7H,1,3-6,9H2. The molecule has 1 unspecified atom stereocenters. The minimum absolute atomic E-state index is 0.214. The fraction of sp³-hybridized carbons (Fsp3) is 0.625. The maximum atomic E-state index is 11.4. The minimum Gasteiger partial charge on any atom is -0.393 e. The van der Waals surface area contributed by atoms with Gasteiger partial charge in [-0.3, -0.25) is 4.79 Å². The highest BCUT2D eigenvalue weighted by molar-refractivity contribution is 6.14. The molecule has 0 aromatic rings. The molecule has 60 valence electrons. The van der Waals surface area contributed by atoms with Crippen LogP contribution >= 0.6 is 0 Å². The number of nitrogens with zero attached hydrogens (tertiary/aromatic N) is 1. The molecule has 0 spiro atoms. The molecule has 11 heavy (non-hydrogen) atoms. The SMILES string of the molecule is BN1CCCC(CC=C)C1=O. The Morgan fingerprint density at radius 3 is 3.18 bits per heavy atom. The first-order valence-electron chi connectivity index (χ1n) is 4.11. The molecule has 1 saturated heterocycles. The van der Waals surface area contributed by atoms with Gasteiger partial charge in [-0.25, -0.2) is 0 Å². The van der Waals surface area contributed by atoms with Crippen LogP contribution in [0.3, 0.4) is 0 Å². The number of piperidine rings is 1. The number of rotatable bonds is 2. The predicted octanol–water partition coefficient (Wildman–Crippen LogP) is 0.349. The van der Waals surface area contributed by atoms with Gasteiger partial charge in [0.15, 0.2) is 0 Å². The van der Waals surface area contributed by atoms with Crippen LogP contribution in [0, 0.1) is 5.92 Å². The van der Waals surface area contributed by atoms with Crippen LogP contribution in [0.2, 0.25) is 0 Å². The summed E-state index contributed by atoms with van der Waals surface area (Å²) in [7, 11) is 1.87. The van der Waals surface area contributed by atoms with Crippen LogP contribution < -0.4 is 0 Å². The van der Waals surface area contributed by atoms with Crippen molar-refractivity contribution in [3.8, 4) is 0 Å². The van der Waals surface area contributed by atoms with Gasteiger partial charge in [-0.2, -0.15) is 0 Å². The Kier molecular flexibility index (Phi) is 2.74. The first-order chi connectivity index (χ1) is 5.25. The van der Waals surface area contributed by atoms with Gasteiger partial charge in [0.25, 0.3) is 0 Å². The summed E-state index contributed by atoms with van der Waals surface area (Å²) in [5.74, 6) is 0.502. The molecule has 0 N–H and O–H groups in total. The lowest BCUT2D eigenvalue weighted by atomic mass is 9.92. The molecule has 3 heteroatoms. The van der Waals surface area contributed by atoms with E-state index in [-0.39, 0.29) is 11.8 Å². The van der Waals surface area contributed by atoms with E-state index in [1.165, 1.54) is 0 Å². The summed E-state index contributed by atoms with van der Waals surface area (Å²) in [5.41, 5.74) is 0. The van der Waals surface area contributed by atoms with Crippen LogP contribution in [-0.4, -0.2) is 25.2 Å². The Hall–Kier alpha value is -0.725. The second kappa shape index (κ2) is 3.60. The second-order valence-electron chi connectivity index (χ2n) is 3.12. The van der Waals surface area contributed by atoms with Crippen LogP contribution in [0.4, 0.5) is 0 Å². The van der Waals surface area contributed by atoms with Crippen LogP contribution in [0.1, 0.15) is 19.3 Å². The molecule has 1 fully saturated rings. The maximum Gasteiger partial charge on any atom is 0.221 e. The summed E-state index contributed by atoms with van der Waals surface area (Å²) in [6.45, 7) is 4.57. The molecule has 1 atom stereocenters. The monoisotopic (exact) mass is 151 g/mol. The van der Waals surface area contributed by atoms with Crippen molar-refractivity contribution < 1.29 is 4.79 Å². The number of hydrogen-bond donors (Lipinski definition) is 0. The third kappa shape index (κ3) is 1.85. The first kappa shape index (κ1) is 8.37. The zero-order valence-electron chi connectivity index (χ0n) is 7.05. The average Bonchev–Trinajstić information content (AvgIpc) is 1.99. The van der Waals surface area contributed by atoms with E-state index in [9.17, 15) is 4.79 Å². The van der Waals surface area contributed by atoms with Gasteiger partial charge in [-0.15, -0.1) is 6.58 Å². The topological polar surface area (TPSA) is 20.3 Å². The first-order valence-corrected chi connectivity index (χ1v) is 4.11. The normalized spacial score (nSPS) is 25.3. The fourth-order valence-corrected chi connectivity index (χ4v) is 1.54. The van der Waals surface area contributed by atoms with E-state index >= 15 is 0 Å². The molecular weight excluding hydrogens is 137 g/mol. The van der Waals surface area contributed by atoms with Crippen molar-refractivity contribution in [3.63, 3.8) is 0 Å². The molecule has 0 radical (unpaired) electrons. The Morgan fingerprint density at radius 2 is 2.55 bits per heavy atom. The highest BCUT2D eigenvalue weighted by atomic mass is 16.2. The number of carbonyl (C=O) groups is 1. The summed E-state index contributed by atoms with van der Waals surface area (Å²) in [4.78, 5) is 13.2. The van der Waals surface area contributed by atoms with Crippen molar-refractivity contribution in [2.45, 2.75) is 19.3 Å². The summed E-state index contributed by atoms with van der Waals surface area (Å²) in [6.07, 6.45) is 4.85. The van der Waals surface area contributed by atoms with Crippen molar-refractivity contribution in [2.24, 2.45) is 5.92 Å². The zero-order chi connectivity index (χ0) is 8.27. The van der Waals surface area contributed by atoms with Crippen LogP contribution in [0.5, 0.6) is 0 Å². The number of hydrogen-bond acceptors (Lipinski definition) is 1. The Labute approximate surface area is 68.7 Å². The molecule has 0 aliphatic carbocycles. The summed E-state index contributed by atoms with van der Waals surface area (Å²) in [6, 6.07) is 0. The van der Waals surface area contributed by atoms with E-state index in [0.29, 0.717) is 0 Å². The van der Waals surface area contributed by atoms with Crippen molar-refractivity contribution in [1.82, 2.24) is 4.81 Å². The predicted molar refractivity (Wildman–Crippen MR) is 47.8 cm³/mol. The van der Waals surface area contributed by atoms with Gasteiger partial charge in [0, 0.05) is 12.5 Å². The Balaban J connectivity index is 2.51. The van der Waals surface area contributed by atoms with Gasteiger partial charge in [0.05, 0.1) is 0 Å². The summed E-state index contributed by atoms with van der Waals surface area (Å²) in [5, 5.41) is 0. The van der Waals surface area contributed by atoms with E-state index in [2.05, 4.69) is 6.58 Å². The highest BCUT2D eigenvalue weighted by Crippen LogP contribution is 2.19. The van der Waals surface area contributed by atoms with Crippen LogP contribution in [-0.2, 0) is 4.79 Å². The lowest BCUT2D eigenvalue weighted by Gasteiger charge is -2.29. The molecule has 0 saturated carbocycles. The molecule has 1 heterocycles. The van der Waals surface area contributed by atoms with E-state index in [1.807, 2.05) is 18.9 Å². The third-order valence-electron chi connectivity index (χ3n) is 2.22. The zero-order valence-corrected chi connectivity index (χ0v) is 7.05. The van der Waals surface area contributed by atoms with Gasteiger partial charge in [-0.05, 0) is 19.3 Å². The largest absolute Gasteiger partial charge is 0.393 e.